The van der Waals surface area contributed by atoms with Crippen molar-refractivity contribution in [2.45, 2.75) is 42.0 Å². The summed E-state index contributed by atoms with van der Waals surface area (Å²) in [6.45, 7) is 0. The van der Waals surface area contributed by atoms with E-state index in [1.807, 2.05) is 0 Å². The predicted molar refractivity (Wildman–Crippen MR) is 60.5 cm³/mol. The van der Waals surface area contributed by atoms with Gasteiger partial charge in [-0.2, -0.15) is 0 Å². The van der Waals surface area contributed by atoms with Gasteiger partial charge in [0.25, 0.3) is 10.0 Å². The third-order valence-electron chi connectivity index (χ3n) is 2.87. The van der Waals surface area contributed by atoms with E-state index in [4.69, 9.17) is 5.14 Å². The first-order valence-corrected chi connectivity index (χ1v) is 7.50. The fraction of sp³-hybridized carbons (Fsp3) is 0.667. The lowest BCUT2D eigenvalue weighted by molar-refractivity contribution is 0.00265. The standard InChI is InChI=1S/C9H14N2O3S2/c10-16(13,14)8-11-6-7(15-8)9(12)4-2-1-3-5-9/h6,12H,1-5H2,(H2,10,13,14). The number of primary sulfonamides is 1. The maximum Gasteiger partial charge on any atom is 0.265 e. The molecular weight excluding hydrogens is 248 g/mol. The molecule has 5 nitrogen and oxygen atoms in total. The normalized spacial score (nSPS) is 20.9. The van der Waals surface area contributed by atoms with Crippen molar-refractivity contribution in [2.75, 3.05) is 0 Å². The van der Waals surface area contributed by atoms with Gasteiger partial charge >= 0.3 is 0 Å². The molecule has 1 aliphatic rings. The number of aliphatic hydroxyl groups is 1. The monoisotopic (exact) mass is 262 g/mol. The van der Waals surface area contributed by atoms with Crippen LogP contribution in [0.1, 0.15) is 37.0 Å². The van der Waals surface area contributed by atoms with Crippen molar-refractivity contribution in [3.05, 3.63) is 11.1 Å². The lowest BCUT2D eigenvalue weighted by atomic mass is 9.84. The molecule has 0 amide bonds. The molecule has 90 valence electrons. The van der Waals surface area contributed by atoms with Crippen molar-refractivity contribution in [3.63, 3.8) is 0 Å². The number of hydrogen-bond donors (Lipinski definition) is 2. The molecular formula is C9H14N2O3S2. The van der Waals surface area contributed by atoms with Crippen LogP contribution in [0.15, 0.2) is 10.5 Å². The Morgan fingerprint density at radius 2 is 2.00 bits per heavy atom. The van der Waals surface area contributed by atoms with Crippen LogP contribution in [0.4, 0.5) is 0 Å². The van der Waals surface area contributed by atoms with Crippen LogP contribution in [-0.2, 0) is 15.6 Å². The van der Waals surface area contributed by atoms with Crippen molar-refractivity contribution in [1.82, 2.24) is 4.98 Å². The van der Waals surface area contributed by atoms with Crippen LogP contribution in [0.25, 0.3) is 0 Å². The summed E-state index contributed by atoms with van der Waals surface area (Å²) >= 11 is 0.971. The van der Waals surface area contributed by atoms with Gasteiger partial charge in [0.2, 0.25) is 4.34 Å². The molecule has 3 N–H and O–H groups in total. The number of rotatable bonds is 2. The molecule has 1 saturated carbocycles. The van der Waals surface area contributed by atoms with E-state index in [0.717, 1.165) is 30.6 Å². The summed E-state index contributed by atoms with van der Waals surface area (Å²) in [7, 11) is -3.75. The van der Waals surface area contributed by atoms with Crippen molar-refractivity contribution >= 4 is 21.4 Å². The van der Waals surface area contributed by atoms with E-state index in [-0.39, 0.29) is 4.34 Å². The van der Waals surface area contributed by atoms with Gasteiger partial charge in [0.15, 0.2) is 0 Å². The molecule has 16 heavy (non-hydrogen) atoms. The van der Waals surface area contributed by atoms with Gasteiger partial charge in [0.1, 0.15) is 5.60 Å². The Balaban J connectivity index is 2.31. The molecule has 1 aromatic heterocycles. The number of sulfonamides is 1. The number of thiazole rings is 1. The zero-order valence-corrected chi connectivity index (χ0v) is 10.4. The summed E-state index contributed by atoms with van der Waals surface area (Å²) in [5.41, 5.74) is -0.904. The summed E-state index contributed by atoms with van der Waals surface area (Å²) in [6, 6.07) is 0. The third-order valence-corrected chi connectivity index (χ3v) is 5.39. The molecule has 0 saturated heterocycles. The number of nitrogens with zero attached hydrogens (tertiary/aromatic N) is 1. The predicted octanol–water partition coefficient (Wildman–Crippen LogP) is 0.942. The van der Waals surface area contributed by atoms with Gasteiger partial charge in [-0.1, -0.05) is 19.3 Å². The molecule has 0 atom stereocenters. The molecule has 0 bridgehead atoms. The highest BCUT2D eigenvalue weighted by Crippen LogP contribution is 2.39. The van der Waals surface area contributed by atoms with E-state index in [1.165, 1.54) is 6.20 Å². The van der Waals surface area contributed by atoms with Gasteiger partial charge in [0, 0.05) is 6.20 Å². The van der Waals surface area contributed by atoms with Crippen LogP contribution in [0, 0.1) is 0 Å². The second-order valence-electron chi connectivity index (χ2n) is 4.13. The average Bonchev–Trinajstić information content (AvgIpc) is 2.67. The fourth-order valence-electron chi connectivity index (χ4n) is 1.99. The zero-order valence-electron chi connectivity index (χ0n) is 8.72. The van der Waals surface area contributed by atoms with Gasteiger partial charge in [-0.25, -0.2) is 18.5 Å². The first-order valence-electron chi connectivity index (χ1n) is 5.13. The summed E-state index contributed by atoms with van der Waals surface area (Å²) in [4.78, 5) is 4.36. The second-order valence-corrected chi connectivity index (χ2v) is 6.89. The van der Waals surface area contributed by atoms with Gasteiger partial charge in [-0.05, 0) is 12.8 Å². The minimum absolute atomic E-state index is 0.124. The highest BCUT2D eigenvalue weighted by atomic mass is 32.2. The maximum atomic E-state index is 11.1. The van der Waals surface area contributed by atoms with E-state index in [9.17, 15) is 13.5 Å². The van der Waals surface area contributed by atoms with Crippen molar-refractivity contribution in [3.8, 4) is 0 Å². The van der Waals surface area contributed by atoms with Gasteiger partial charge in [-0.15, -0.1) is 11.3 Å². The first kappa shape index (κ1) is 12.0. The smallest absolute Gasteiger partial charge is 0.265 e. The molecule has 0 unspecified atom stereocenters. The van der Waals surface area contributed by atoms with Crippen LogP contribution >= 0.6 is 11.3 Å². The molecule has 1 aromatic rings. The highest BCUT2D eigenvalue weighted by Gasteiger charge is 2.34. The average molecular weight is 262 g/mol. The van der Waals surface area contributed by atoms with E-state index in [1.54, 1.807) is 0 Å². The van der Waals surface area contributed by atoms with Crippen LogP contribution in [0.5, 0.6) is 0 Å². The molecule has 0 radical (unpaired) electrons. The highest BCUT2D eigenvalue weighted by molar-refractivity contribution is 7.91. The van der Waals surface area contributed by atoms with Gasteiger partial charge in [0.05, 0.1) is 4.88 Å². The summed E-state index contributed by atoms with van der Waals surface area (Å²) < 4.78 is 22.0. The van der Waals surface area contributed by atoms with E-state index < -0.39 is 15.6 Å². The van der Waals surface area contributed by atoms with Crippen molar-refractivity contribution in [2.24, 2.45) is 5.14 Å². The Kier molecular flexibility index (Phi) is 3.04. The Hall–Kier alpha value is -0.500. The summed E-state index contributed by atoms with van der Waals surface area (Å²) in [5, 5.41) is 15.3. The minimum Gasteiger partial charge on any atom is -0.384 e. The van der Waals surface area contributed by atoms with E-state index >= 15 is 0 Å². The zero-order chi connectivity index (χ0) is 11.8. The number of aromatic nitrogens is 1. The van der Waals surface area contributed by atoms with E-state index in [0.29, 0.717) is 17.7 Å². The molecule has 2 rings (SSSR count). The maximum absolute atomic E-state index is 11.1. The van der Waals surface area contributed by atoms with Gasteiger partial charge < -0.3 is 5.11 Å². The quantitative estimate of drug-likeness (QED) is 0.829. The SMILES string of the molecule is NS(=O)(=O)c1ncc(C2(O)CCCCC2)s1. The molecule has 1 fully saturated rings. The van der Waals surface area contributed by atoms with Crippen LogP contribution in [0.2, 0.25) is 0 Å². The fourth-order valence-corrected chi connectivity index (χ4v) is 3.71. The molecule has 0 spiro atoms. The van der Waals surface area contributed by atoms with Crippen LogP contribution < -0.4 is 5.14 Å². The Morgan fingerprint density at radius 1 is 1.38 bits per heavy atom. The van der Waals surface area contributed by atoms with Crippen molar-refractivity contribution in [1.29, 1.82) is 0 Å². The number of nitrogens with two attached hydrogens (primary N) is 1. The molecule has 0 aliphatic heterocycles. The lowest BCUT2D eigenvalue weighted by Gasteiger charge is -2.30. The lowest BCUT2D eigenvalue weighted by Crippen LogP contribution is -2.27. The molecule has 1 heterocycles. The molecule has 1 aliphatic carbocycles. The molecule has 7 heteroatoms. The minimum atomic E-state index is -3.75. The largest absolute Gasteiger partial charge is 0.384 e. The molecule has 0 aromatic carbocycles. The number of hydrogen-bond acceptors (Lipinski definition) is 5. The van der Waals surface area contributed by atoms with Crippen molar-refractivity contribution < 1.29 is 13.5 Å². The third kappa shape index (κ3) is 2.27. The second kappa shape index (κ2) is 4.06. The van der Waals surface area contributed by atoms with Crippen LogP contribution in [-0.4, -0.2) is 18.5 Å². The Morgan fingerprint density at radius 3 is 2.50 bits per heavy atom. The summed E-state index contributed by atoms with van der Waals surface area (Å²) in [5.74, 6) is 0. The van der Waals surface area contributed by atoms with Crippen LogP contribution in [0.3, 0.4) is 0 Å². The topological polar surface area (TPSA) is 93.3 Å². The Labute approximate surface area is 98.4 Å². The van der Waals surface area contributed by atoms with E-state index in [2.05, 4.69) is 4.98 Å². The summed E-state index contributed by atoms with van der Waals surface area (Å²) in [6.07, 6.45) is 5.79. The van der Waals surface area contributed by atoms with Gasteiger partial charge in [-0.3, -0.25) is 0 Å². The first-order chi connectivity index (χ1) is 7.42. The Bertz CT molecular complexity index is 475.